The number of cyclic esters (lactones) is 2. The van der Waals surface area contributed by atoms with Crippen molar-refractivity contribution < 1.29 is 28.5 Å². The Morgan fingerprint density at radius 1 is 0.800 bits per heavy atom. The van der Waals surface area contributed by atoms with Gasteiger partial charge in [-0.2, -0.15) is 0 Å². The van der Waals surface area contributed by atoms with Gasteiger partial charge in [-0.05, 0) is 23.8 Å². The largest absolute Gasteiger partial charge is 0.459 e. The summed E-state index contributed by atoms with van der Waals surface area (Å²) in [6.07, 6.45) is 1.46. The Hall–Kier alpha value is -2.38. The molecule has 0 aromatic heterocycles. The molecule has 1 aromatic rings. The summed E-state index contributed by atoms with van der Waals surface area (Å²) < 4.78 is 20.7. The third-order valence-corrected chi connectivity index (χ3v) is 3.45. The maximum Gasteiger partial charge on any atom is 0.345 e. The van der Waals surface area contributed by atoms with E-state index in [-0.39, 0.29) is 32.0 Å². The summed E-state index contributed by atoms with van der Waals surface area (Å²) in [5, 5.41) is 0. The van der Waals surface area contributed by atoms with Crippen LogP contribution in [0.2, 0.25) is 0 Å². The van der Waals surface area contributed by atoms with Crippen LogP contribution in [0.4, 0.5) is 5.69 Å². The van der Waals surface area contributed by atoms with Gasteiger partial charge < -0.3 is 23.8 Å². The molecular weight excluding hydrogens is 326 g/mol. The second kappa shape index (κ2) is 9.80. The van der Waals surface area contributed by atoms with Crippen LogP contribution in [0, 0.1) is 0 Å². The monoisotopic (exact) mass is 349 g/mol. The van der Waals surface area contributed by atoms with Crippen LogP contribution in [0.3, 0.4) is 0 Å². The summed E-state index contributed by atoms with van der Waals surface area (Å²) in [5.41, 5.74) is 1.56. The van der Waals surface area contributed by atoms with Crippen LogP contribution >= 0.6 is 0 Å². The highest BCUT2D eigenvalue weighted by Gasteiger charge is 2.22. The van der Waals surface area contributed by atoms with E-state index < -0.39 is 11.9 Å². The van der Waals surface area contributed by atoms with Crippen LogP contribution in [0.5, 0.6) is 0 Å². The lowest BCUT2D eigenvalue weighted by atomic mass is 10.1. The van der Waals surface area contributed by atoms with Gasteiger partial charge >= 0.3 is 11.9 Å². The molecule has 0 spiro atoms. The summed E-state index contributed by atoms with van der Waals surface area (Å²) in [6.45, 7) is 1.40. The van der Waals surface area contributed by atoms with Crippen molar-refractivity contribution in [2.75, 3.05) is 58.6 Å². The number of rotatable bonds is 2. The van der Waals surface area contributed by atoms with Gasteiger partial charge in [0, 0.05) is 19.8 Å². The lowest BCUT2D eigenvalue weighted by Gasteiger charge is -2.12. The molecule has 0 unspecified atom stereocenters. The first kappa shape index (κ1) is 19.0. The van der Waals surface area contributed by atoms with Gasteiger partial charge in [0.1, 0.15) is 18.8 Å². The van der Waals surface area contributed by atoms with Crippen molar-refractivity contribution in [1.82, 2.24) is 0 Å². The third-order valence-electron chi connectivity index (χ3n) is 3.45. The van der Waals surface area contributed by atoms with Gasteiger partial charge in [0.2, 0.25) is 0 Å². The summed E-state index contributed by atoms with van der Waals surface area (Å²) >= 11 is 0. The van der Waals surface area contributed by atoms with Gasteiger partial charge in [0.25, 0.3) is 0 Å². The molecule has 7 heteroatoms. The van der Waals surface area contributed by atoms with Gasteiger partial charge in [0.15, 0.2) is 0 Å². The molecule has 0 saturated carbocycles. The molecule has 7 nitrogen and oxygen atoms in total. The molecule has 1 aliphatic rings. The predicted molar refractivity (Wildman–Crippen MR) is 92.3 cm³/mol. The Morgan fingerprint density at radius 2 is 1.28 bits per heavy atom. The number of hydrogen-bond acceptors (Lipinski definition) is 7. The van der Waals surface area contributed by atoms with E-state index in [2.05, 4.69) is 0 Å². The number of carbonyl (C=O) groups is 2. The van der Waals surface area contributed by atoms with Crippen LogP contribution in [0.15, 0.2) is 29.8 Å². The molecule has 0 atom stereocenters. The quantitative estimate of drug-likeness (QED) is 0.452. The van der Waals surface area contributed by atoms with Gasteiger partial charge in [-0.3, -0.25) is 0 Å². The molecule has 1 heterocycles. The molecule has 25 heavy (non-hydrogen) atoms. The molecule has 0 radical (unpaired) electrons. The average Bonchev–Trinajstić information content (AvgIpc) is 2.61. The summed E-state index contributed by atoms with van der Waals surface area (Å²) in [4.78, 5) is 26.4. The normalized spacial score (nSPS) is 17.4. The van der Waals surface area contributed by atoms with Gasteiger partial charge in [-0.25, -0.2) is 9.59 Å². The lowest BCUT2D eigenvalue weighted by molar-refractivity contribution is -0.147. The van der Waals surface area contributed by atoms with Gasteiger partial charge in [0.05, 0.1) is 26.4 Å². The first-order chi connectivity index (χ1) is 12.1. The molecule has 0 amide bonds. The highest BCUT2D eigenvalue weighted by atomic mass is 16.6. The fourth-order valence-electron chi connectivity index (χ4n) is 2.10. The first-order valence-electron chi connectivity index (χ1n) is 8.07. The first-order valence-corrected chi connectivity index (χ1v) is 8.07. The molecule has 1 aliphatic heterocycles. The van der Waals surface area contributed by atoms with E-state index in [1.807, 2.05) is 43.3 Å². The third kappa shape index (κ3) is 6.21. The SMILES string of the molecule is CN(C)c1ccc(C=C2C(=O)OCCOCCOCCOC2=O)cc1. The number of hydrogen-bond donors (Lipinski definition) is 0. The maximum absolute atomic E-state index is 12.2. The highest BCUT2D eigenvalue weighted by molar-refractivity contribution is 6.17. The van der Waals surface area contributed by atoms with Crippen LogP contribution in [-0.2, 0) is 28.5 Å². The van der Waals surface area contributed by atoms with Gasteiger partial charge in [-0.15, -0.1) is 0 Å². The number of esters is 2. The molecule has 0 N–H and O–H groups in total. The molecule has 0 aliphatic carbocycles. The maximum atomic E-state index is 12.2. The minimum atomic E-state index is -0.731. The van der Waals surface area contributed by atoms with Crippen LogP contribution < -0.4 is 4.90 Å². The molecule has 136 valence electrons. The number of nitrogens with zero attached hydrogens (tertiary/aromatic N) is 1. The second-order valence-corrected chi connectivity index (χ2v) is 5.54. The van der Waals surface area contributed by atoms with E-state index >= 15 is 0 Å². The van der Waals surface area contributed by atoms with E-state index in [1.165, 1.54) is 6.08 Å². The second-order valence-electron chi connectivity index (χ2n) is 5.54. The zero-order chi connectivity index (χ0) is 18.1. The topological polar surface area (TPSA) is 74.3 Å². The van der Waals surface area contributed by atoms with Crippen molar-refractivity contribution in [2.45, 2.75) is 0 Å². The highest BCUT2D eigenvalue weighted by Crippen LogP contribution is 2.16. The summed E-state index contributed by atoms with van der Waals surface area (Å²) in [6, 6.07) is 7.42. The van der Waals surface area contributed by atoms with E-state index in [0.717, 1.165) is 5.69 Å². The van der Waals surface area contributed by atoms with E-state index in [0.29, 0.717) is 18.8 Å². The van der Waals surface area contributed by atoms with Crippen molar-refractivity contribution in [3.05, 3.63) is 35.4 Å². The fourth-order valence-corrected chi connectivity index (χ4v) is 2.10. The van der Waals surface area contributed by atoms with Crippen molar-refractivity contribution in [3.63, 3.8) is 0 Å². The van der Waals surface area contributed by atoms with Crippen molar-refractivity contribution in [3.8, 4) is 0 Å². The fraction of sp³-hybridized carbons (Fsp3) is 0.444. The molecule has 1 aromatic carbocycles. The zero-order valence-electron chi connectivity index (χ0n) is 14.5. The molecule has 2 rings (SSSR count). The Balaban J connectivity index is 2.17. The summed E-state index contributed by atoms with van der Waals surface area (Å²) in [5.74, 6) is -1.46. The van der Waals surface area contributed by atoms with Crippen LogP contribution in [0.1, 0.15) is 5.56 Å². The summed E-state index contributed by atoms with van der Waals surface area (Å²) in [7, 11) is 3.86. The zero-order valence-corrected chi connectivity index (χ0v) is 14.5. The standard InChI is InChI=1S/C18H23NO6/c1-19(2)15-5-3-14(4-6-15)13-16-17(20)24-11-9-22-7-8-23-10-12-25-18(16)21/h3-6,13H,7-12H2,1-2H3. The minimum absolute atomic E-state index is 0.0586. The number of ether oxygens (including phenoxy) is 4. The van der Waals surface area contributed by atoms with Gasteiger partial charge in [-0.1, -0.05) is 12.1 Å². The molecule has 0 bridgehead atoms. The Bertz CT molecular complexity index is 582. The lowest BCUT2D eigenvalue weighted by Crippen LogP contribution is -2.20. The van der Waals surface area contributed by atoms with Crippen LogP contribution in [-0.4, -0.2) is 65.7 Å². The Kier molecular flexibility index (Phi) is 7.43. The number of benzene rings is 1. The van der Waals surface area contributed by atoms with Crippen molar-refractivity contribution >= 4 is 23.7 Å². The predicted octanol–water partition coefficient (Wildman–Crippen LogP) is 1.27. The Morgan fingerprint density at radius 3 is 1.76 bits per heavy atom. The number of carbonyl (C=O) groups excluding carboxylic acids is 2. The van der Waals surface area contributed by atoms with Crippen molar-refractivity contribution in [2.24, 2.45) is 0 Å². The van der Waals surface area contributed by atoms with E-state index in [9.17, 15) is 9.59 Å². The molecule has 1 saturated heterocycles. The smallest absolute Gasteiger partial charge is 0.345 e. The van der Waals surface area contributed by atoms with E-state index in [1.54, 1.807) is 0 Å². The minimum Gasteiger partial charge on any atom is -0.459 e. The number of anilines is 1. The molecular formula is C18H23NO6. The molecule has 1 fully saturated rings. The van der Waals surface area contributed by atoms with E-state index in [4.69, 9.17) is 18.9 Å². The Labute approximate surface area is 147 Å². The average molecular weight is 349 g/mol. The van der Waals surface area contributed by atoms with Crippen molar-refractivity contribution in [1.29, 1.82) is 0 Å². The van der Waals surface area contributed by atoms with Crippen LogP contribution in [0.25, 0.3) is 6.08 Å².